The minimum atomic E-state index is 0.765. The summed E-state index contributed by atoms with van der Waals surface area (Å²) >= 11 is 0. The molecule has 3 atom stereocenters. The van der Waals surface area contributed by atoms with Crippen molar-refractivity contribution in [2.24, 2.45) is 29.6 Å². The van der Waals surface area contributed by atoms with Crippen molar-refractivity contribution in [2.45, 2.75) is 64.8 Å². The van der Waals surface area contributed by atoms with Gasteiger partial charge in [0.25, 0.3) is 0 Å². The normalized spacial score (nSPS) is 33.9. The zero-order chi connectivity index (χ0) is 14.8. The van der Waals surface area contributed by atoms with Gasteiger partial charge < -0.3 is 10.2 Å². The maximum absolute atomic E-state index is 3.63. The summed E-state index contributed by atoms with van der Waals surface area (Å²) in [4.78, 5) is 2.85. The highest BCUT2D eigenvalue weighted by molar-refractivity contribution is 4.89. The predicted molar refractivity (Wildman–Crippen MR) is 90.4 cm³/mol. The molecule has 0 heterocycles. The van der Waals surface area contributed by atoms with Crippen LogP contribution in [0.4, 0.5) is 0 Å². The molecular formula is C19H36N2. The Labute approximate surface area is 132 Å². The molecule has 3 saturated carbocycles. The van der Waals surface area contributed by atoms with Crippen molar-refractivity contribution in [3.05, 3.63) is 0 Å². The summed E-state index contributed by atoms with van der Waals surface area (Å²) in [5.41, 5.74) is 0. The Bertz CT molecular complexity index is 306. The lowest BCUT2D eigenvalue weighted by Crippen LogP contribution is -2.46. The molecule has 3 aliphatic carbocycles. The molecule has 3 aliphatic rings. The van der Waals surface area contributed by atoms with Gasteiger partial charge in [-0.1, -0.05) is 13.8 Å². The van der Waals surface area contributed by atoms with E-state index in [1.54, 1.807) is 0 Å². The van der Waals surface area contributed by atoms with E-state index < -0.39 is 0 Å². The molecule has 0 amide bonds. The van der Waals surface area contributed by atoms with Gasteiger partial charge in [-0.25, -0.2) is 0 Å². The third kappa shape index (κ3) is 4.69. The molecule has 2 nitrogen and oxygen atoms in total. The molecule has 0 radical (unpaired) electrons. The topological polar surface area (TPSA) is 15.3 Å². The SMILES string of the molecule is CNC1CCC(C(C)C)CC1CN(CC1CC1)CC1CC1. The van der Waals surface area contributed by atoms with Gasteiger partial charge in [-0.15, -0.1) is 0 Å². The molecule has 3 unspecified atom stereocenters. The summed E-state index contributed by atoms with van der Waals surface area (Å²) in [6.45, 7) is 9.01. The molecule has 0 bridgehead atoms. The number of hydrogen-bond donors (Lipinski definition) is 1. The molecule has 2 heteroatoms. The average molecular weight is 293 g/mol. The minimum Gasteiger partial charge on any atom is -0.317 e. The first-order chi connectivity index (χ1) is 10.2. The van der Waals surface area contributed by atoms with E-state index in [1.807, 2.05) is 0 Å². The van der Waals surface area contributed by atoms with Gasteiger partial charge in [0, 0.05) is 25.7 Å². The van der Waals surface area contributed by atoms with Crippen LogP contribution in [0.1, 0.15) is 58.8 Å². The van der Waals surface area contributed by atoms with Gasteiger partial charge in [0.15, 0.2) is 0 Å². The Kier molecular flexibility index (Phi) is 5.27. The summed E-state index contributed by atoms with van der Waals surface area (Å²) in [5.74, 6) is 4.80. The van der Waals surface area contributed by atoms with E-state index in [-0.39, 0.29) is 0 Å². The molecule has 3 rings (SSSR count). The summed E-state index contributed by atoms with van der Waals surface area (Å²) in [5, 5.41) is 3.63. The quantitative estimate of drug-likeness (QED) is 0.732. The highest BCUT2D eigenvalue weighted by atomic mass is 15.1. The van der Waals surface area contributed by atoms with Crippen molar-refractivity contribution in [1.29, 1.82) is 0 Å². The largest absolute Gasteiger partial charge is 0.317 e. The standard InChI is InChI=1S/C19H36N2/c1-14(2)17-8-9-19(20-3)18(10-17)13-21(11-15-4-5-15)12-16-6-7-16/h14-20H,4-13H2,1-3H3. The highest BCUT2D eigenvalue weighted by Crippen LogP contribution is 2.37. The number of hydrogen-bond acceptors (Lipinski definition) is 2. The zero-order valence-corrected chi connectivity index (χ0v) is 14.5. The van der Waals surface area contributed by atoms with Gasteiger partial charge in [-0.05, 0) is 81.6 Å². The maximum atomic E-state index is 3.63. The van der Waals surface area contributed by atoms with Gasteiger partial charge >= 0.3 is 0 Å². The fraction of sp³-hybridized carbons (Fsp3) is 1.00. The van der Waals surface area contributed by atoms with Gasteiger partial charge in [0.1, 0.15) is 0 Å². The summed E-state index contributed by atoms with van der Waals surface area (Å²) in [6.07, 6.45) is 10.3. The van der Waals surface area contributed by atoms with E-state index >= 15 is 0 Å². The highest BCUT2D eigenvalue weighted by Gasteiger charge is 2.35. The third-order valence-corrected chi connectivity index (χ3v) is 6.26. The van der Waals surface area contributed by atoms with Crippen LogP contribution < -0.4 is 5.32 Å². The molecule has 3 fully saturated rings. The third-order valence-electron chi connectivity index (χ3n) is 6.26. The van der Waals surface area contributed by atoms with Crippen LogP contribution in [-0.2, 0) is 0 Å². The van der Waals surface area contributed by atoms with Crippen molar-refractivity contribution in [3.8, 4) is 0 Å². The second kappa shape index (κ2) is 7.00. The maximum Gasteiger partial charge on any atom is 0.0105 e. The summed E-state index contributed by atoms with van der Waals surface area (Å²) in [6, 6.07) is 0.765. The van der Waals surface area contributed by atoms with Crippen LogP contribution in [0.5, 0.6) is 0 Å². The van der Waals surface area contributed by atoms with Crippen LogP contribution >= 0.6 is 0 Å². The molecule has 0 aliphatic heterocycles. The van der Waals surface area contributed by atoms with E-state index in [0.717, 1.165) is 35.6 Å². The number of rotatable bonds is 8. The molecule has 0 saturated heterocycles. The minimum absolute atomic E-state index is 0.765. The second-order valence-electron chi connectivity index (χ2n) is 8.58. The fourth-order valence-electron chi connectivity index (χ4n) is 4.37. The monoisotopic (exact) mass is 292 g/mol. The van der Waals surface area contributed by atoms with E-state index in [9.17, 15) is 0 Å². The second-order valence-corrected chi connectivity index (χ2v) is 8.58. The summed E-state index contributed by atoms with van der Waals surface area (Å²) in [7, 11) is 2.18. The van der Waals surface area contributed by atoms with Gasteiger partial charge in [0.2, 0.25) is 0 Å². The lowest BCUT2D eigenvalue weighted by Gasteiger charge is -2.40. The Balaban J connectivity index is 1.56. The fourth-order valence-corrected chi connectivity index (χ4v) is 4.37. The summed E-state index contributed by atoms with van der Waals surface area (Å²) < 4.78 is 0. The molecule has 21 heavy (non-hydrogen) atoms. The van der Waals surface area contributed by atoms with Gasteiger partial charge in [-0.2, -0.15) is 0 Å². The van der Waals surface area contributed by atoms with Crippen molar-refractivity contribution < 1.29 is 0 Å². The number of nitrogens with zero attached hydrogens (tertiary/aromatic N) is 1. The number of nitrogens with one attached hydrogen (secondary N) is 1. The molecule has 122 valence electrons. The van der Waals surface area contributed by atoms with Crippen LogP contribution in [0.2, 0.25) is 0 Å². The Morgan fingerprint density at radius 3 is 2.00 bits per heavy atom. The van der Waals surface area contributed by atoms with E-state index in [4.69, 9.17) is 0 Å². The van der Waals surface area contributed by atoms with Crippen LogP contribution in [0.25, 0.3) is 0 Å². The first-order valence-electron chi connectivity index (χ1n) is 9.55. The molecule has 0 spiro atoms. The van der Waals surface area contributed by atoms with Crippen molar-refractivity contribution in [3.63, 3.8) is 0 Å². The predicted octanol–water partition coefficient (Wildman–Crippen LogP) is 3.77. The Morgan fingerprint density at radius 1 is 0.905 bits per heavy atom. The van der Waals surface area contributed by atoms with Crippen LogP contribution in [0, 0.1) is 29.6 Å². The Morgan fingerprint density at radius 2 is 1.52 bits per heavy atom. The molecule has 0 aromatic rings. The van der Waals surface area contributed by atoms with Crippen molar-refractivity contribution in [2.75, 3.05) is 26.7 Å². The van der Waals surface area contributed by atoms with Crippen molar-refractivity contribution in [1.82, 2.24) is 10.2 Å². The Hall–Kier alpha value is -0.0800. The van der Waals surface area contributed by atoms with Crippen LogP contribution in [-0.4, -0.2) is 37.6 Å². The molecule has 0 aromatic carbocycles. The van der Waals surface area contributed by atoms with Gasteiger partial charge in [0.05, 0.1) is 0 Å². The lowest BCUT2D eigenvalue weighted by molar-refractivity contribution is 0.119. The van der Waals surface area contributed by atoms with Crippen LogP contribution in [0.15, 0.2) is 0 Å². The average Bonchev–Trinajstić information content (AvgIpc) is 3.35. The molecule has 0 aromatic heterocycles. The van der Waals surface area contributed by atoms with Gasteiger partial charge in [-0.3, -0.25) is 0 Å². The van der Waals surface area contributed by atoms with E-state index in [1.165, 1.54) is 64.6 Å². The zero-order valence-electron chi connectivity index (χ0n) is 14.5. The molecule has 1 N–H and O–H groups in total. The van der Waals surface area contributed by atoms with Crippen LogP contribution in [0.3, 0.4) is 0 Å². The van der Waals surface area contributed by atoms with Crippen molar-refractivity contribution >= 4 is 0 Å². The molecular weight excluding hydrogens is 256 g/mol. The first kappa shape index (κ1) is 15.8. The smallest absolute Gasteiger partial charge is 0.0105 e. The lowest BCUT2D eigenvalue weighted by atomic mass is 9.73. The van der Waals surface area contributed by atoms with E-state index in [2.05, 4.69) is 31.1 Å². The first-order valence-corrected chi connectivity index (χ1v) is 9.55. The van der Waals surface area contributed by atoms with E-state index in [0.29, 0.717) is 0 Å².